The van der Waals surface area contributed by atoms with E-state index in [1.54, 1.807) is 13.1 Å². The smallest absolute Gasteiger partial charge is 0.255 e. The number of hydrogen-bond donors (Lipinski definition) is 2. The second-order valence-electron chi connectivity index (χ2n) is 3.75. The summed E-state index contributed by atoms with van der Waals surface area (Å²) in [6.45, 7) is 2.34. The van der Waals surface area contributed by atoms with Gasteiger partial charge in [0, 0.05) is 18.1 Å². The maximum atomic E-state index is 11.8. The van der Waals surface area contributed by atoms with Gasteiger partial charge in [-0.2, -0.15) is 0 Å². The second-order valence-corrected chi connectivity index (χ2v) is 4.67. The fraction of sp³-hybridized carbons (Fsp3) is 0.333. The molecule has 1 aromatic rings. The van der Waals surface area contributed by atoms with Gasteiger partial charge in [0.25, 0.3) is 5.91 Å². The van der Waals surface area contributed by atoms with E-state index in [9.17, 15) is 14.7 Å². The normalized spacial score (nSPS) is 9.94. The van der Waals surface area contributed by atoms with E-state index in [1.807, 2.05) is 6.92 Å². The van der Waals surface area contributed by atoms with Crippen LogP contribution in [0.2, 0.25) is 0 Å². The maximum absolute atomic E-state index is 11.8. The molecule has 0 aromatic heterocycles. The Balaban J connectivity index is 2.66. The van der Waals surface area contributed by atoms with Crippen LogP contribution in [0, 0.1) is 0 Å². The molecule has 0 atom stereocenters. The molecule has 0 saturated heterocycles. The molecule has 0 fully saturated rings. The highest BCUT2D eigenvalue weighted by atomic mass is 79.9. The summed E-state index contributed by atoms with van der Waals surface area (Å²) >= 11 is 3.21. The number of amides is 2. The van der Waals surface area contributed by atoms with Crippen LogP contribution in [-0.4, -0.2) is 42.0 Å². The monoisotopic (exact) mass is 314 g/mol. The number of nitrogens with zero attached hydrogens (tertiary/aromatic N) is 1. The molecule has 0 aliphatic heterocycles. The molecule has 18 heavy (non-hydrogen) atoms. The summed E-state index contributed by atoms with van der Waals surface area (Å²) in [4.78, 5) is 24.8. The lowest BCUT2D eigenvalue weighted by Crippen LogP contribution is -2.38. The van der Waals surface area contributed by atoms with Crippen LogP contribution >= 0.6 is 15.9 Å². The van der Waals surface area contributed by atoms with Crippen LogP contribution < -0.4 is 5.32 Å². The Hall–Kier alpha value is -1.56. The van der Waals surface area contributed by atoms with Crippen molar-refractivity contribution in [2.45, 2.75) is 6.92 Å². The van der Waals surface area contributed by atoms with Gasteiger partial charge in [-0.25, -0.2) is 0 Å². The Labute approximate surface area is 114 Å². The number of phenolic OH excluding ortho intramolecular Hbond substituents is 1. The van der Waals surface area contributed by atoms with Crippen molar-refractivity contribution in [2.75, 3.05) is 20.1 Å². The van der Waals surface area contributed by atoms with E-state index in [0.717, 1.165) is 0 Å². The Morgan fingerprint density at radius 2 is 2.11 bits per heavy atom. The van der Waals surface area contributed by atoms with E-state index in [-0.39, 0.29) is 23.8 Å². The molecule has 98 valence electrons. The summed E-state index contributed by atoms with van der Waals surface area (Å²) < 4.78 is 0.683. The molecular formula is C12H15BrN2O3. The van der Waals surface area contributed by atoms with Crippen molar-refractivity contribution >= 4 is 27.7 Å². The third-order valence-electron chi connectivity index (χ3n) is 2.50. The van der Waals surface area contributed by atoms with Gasteiger partial charge in [-0.05, 0) is 25.1 Å². The molecule has 2 amide bonds. The van der Waals surface area contributed by atoms with Crippen molar-refractivity contribution in [2.24, 2.45) is 0 Å². The molecule has 0 unspecified atom stereocenters. The van der Waals surface area contributed by atoms with Gasteiger partial charge in [0.2, 0.25) is 5.91 Å². The molecule has 0 bridgehead atoms. The first-order chi connectivity index (χ1) is 8.45. The zero-order valence-electron chi connectivity index (χ0n) is 10.2. The number of phenols is 1. The van der Waals surface area contributed by atoms with E-state index < -0.39 is 5.91 Å². The van der Waals surface area contributed by atoms with Crippen LogP contribution in [-0.2, 0) is 4.79 Å². The highest BCUT2D eigenvalue weighted by Gasteiger charge is 2.13. The molecule has 0 radical (unpaired) electrons. The molecule has 0 aliphatic carbocycles. The number of aromatic hydroxyl groups is 1. The quantitative estimate of drug-likeness (QED) is 0.881. The van der Waals surface area contributed by atoms with Crippen molar-refractivity contribution in [3.8, 4) is 5.75 Å². The minimum atomic E-state index is -0.480. The fourth-order valence-corrected chi connectivity index (χ4v) is 1.61. The van der Waals surface area contributed by atoms with Crippen molar-refractivity contribution in [1.82, 2.24) is 10.2 Å². The van der Waals surface area contributed by atoms with Crippen LogP contribution in [0.25, 0.3) is 0 Å². The number of nitrogens with one attached hydrogen (secondary N) is 1. The van der Waals surface area contributed by atoms with Crippen LogP contribution in [0.5, 0.6) is 5.75 Å². The average molecular weight is 315 g/mol. The summed E-state index contributed by atoms with van der Waals surface area (Å²) in [5.41, 5.74) is 0.135. The largest absolute Gasteiger partial charge is 0.507 e. The zero-order chi connectivity index (χ0) is 13.7. The van der Waals surface area contributed by atoms with Gasteiger partial charge in [0.1, 0.15) is 5.75 Å². The zero-order valence-corrected chi connectivity index (χ0v) is 11.8. The van der Waals surface area contributed by atoms with Gasteiger partial charge in [-0.1, -0.05) is 15.9 Å². The molecule has 1 rings (SSSR count). The fourth-order valence-electron chi connectivity index (χ4n) is 1.25. The van der Waals surface area contributed by atoms with Crippen LogP contribution in [0.3, 0.4) is 0 Å². The van der Waals surface area contributed by atoms with Crippen LogP contribution in [0.4, 0.5) is 0 Å². The van der Waals surface area contributed by atoms with Crippen molar-refractivity contribution in [3.63, 3.8) is 0 Å². The van der Waals surface area contributed by atoms with E-state index in [2.05, 4.69) is 21.2 Å². The number of carbonyl (C=O) groups excluding carboxylic acids is 2. The second kappa shape index (κ2) is 6.39. The van der Waals surface area contributed by atoms with Gasteiger partial charge < -0.3 is 15.3 Å². The minimum absolute atomic E-state index is 0.0882. The third kappa shape index (κ3) is 3.73. The number of benzene rings is 1. The standard InChI is InChI=1S/C12H15BrN2O3/c1-3-15(2)11(17)7-14-12(18)9-6-8(13)4-5-10(9)16/h4-6,16H,3,7H2,1-2H3,(H,14,18). The van der Waals surface area contributed by atoms with Crippen LogP contribution in [0.1, 0.15) is 17.3 Å². The maximum Gasteiger partial charge on any atom is 0.255 e. The topological polar surface area (TPSA) is 69.6 Å². The number of rotatable bonds is 4. The van der Waals surface area contributed by atoms with Crippen molar-refractivity contribution < 1.29 is 14.7 Å². The summed E-state index contributed by atoms with van der Waals surface area (Å²) in [7, 11) is 1.66. The number of carbonyl (C=O) groups is 2. The van der Waals surface area contributed by atoms with Crippen molar-refractivity contribution in [1.29, 1.82) is 0 Å². The first-order valence-corrected chi connectivity index (χ1v) is 6.25. The van der Waals surface area contributed by atoms with Gasteiger partial charge >= 0.3 is 0 Å². The molecule has 0 aliphatic rings. The Kier molecular flexibility index (Phi) is 5.15. The molecule has 6 heteroatoms. The highest BCUT2D eigenvalue weighted by Crippen LogP contribution is 2.21. The predicted molar refractivity (Wildman–Crippen MR) is 71.5 cm³/mol. The molecule has 2 N–H and O–H groups in total. The van der Waals surface area contributed by atoms with E-state index in [1.165, 1.54) is 17.0 Å². The summed E-state index contributed by atoms with van der Waals surface area (Å²) in [6, 6.07) is 4.54. The van der Waals surface area contributed by atoms with Gasteiger partial charge in [0.05, 0.1) is 12.1 Å². The first-order valence-electron chi connectivity index (χ1n) is 5.46. The first kappa shape index (κ1) is 14.5. The number of halogens is 1. The van der Waals surface area contributed by atoms with Gasteiger partial charge in [-0.3, -0.25) is 9.59 Å². The van der Waals surface area contributed by atoms with E-state index in [4.69, 9.17) is 0 Å². The Bertz CT molecular complexity index is 463. The van der Waals surface area contributed by atoms with Gasteiger partial charge in [0.15, 0.2) is 0 Å². The van der Waals surface area contributed by atoms with Gasteiger partial charge in [-0.15, -0.1) is 0 Å². The van der Waals surface area contributed by atoms with E-state index in [0.29, 0.717) is 11.0 Å². The van der Waals surface area contributed by atoms with Crippen LogP contribution in [0.15, 0.2) is 22.7 Å². The predicted octanol–water partition coefficient (Wildman–Crippen LogP) is 1.36. The molecule has 1 aromatic carbocycles. The summed E-state index contributed by atoms with van der Waals surface area (Å²) in [5.74, 6) is -0.779. The molecule has 0 heterocycles. The molecule has 0 spiro atoms. The lowest BCUT2D eigenvalue weighted by Gasteiger charge is -2.14. The Morgan fingerprint density at radius 1 is 1.44 bits per heavy atom. The SMILES string of the molecule is CCN(C)C(=O)CNC(=O)c1cc(Br)ccc1O. The number of likely N-dealkylation sites (N-methyl/N-ethyl adjacent to an activating group) is 1. The Morgan fingerprint density at radius 3 is 2.72 bits per heavy atom. The third-order valence-corrected chi connectivity index (χ3v) is 3.00. The minimum Gasteiger partial charge on any atom is -0.507 e. The van der Waals surface area contributed by atoms with Crippen molar-refractivity contribution in [3.05, 3.63) is 28.2 Å². The summed E-state index contributed by atoms with van der Waals surface area (Å²) in [6.07, 6.45) is 0. The number of hydrogen-bond acceptors (Lipinski definition) is 3. The highest BCUT2D eigenvalue weighted by molar-refractivity contribution is 9.10. The lowest BCUT2D eigenvalue weighted by atomic mass is 10.2. The average Bonchev–Trinajstić information content (AvgIpc) is 2.37. The molecular weight excluding hydrogens is 300 g/mol. The lowest BCUT2D eigenvalue weighted by molar-refractivity contribution is -0.128. The molecule has 5 nitrogen and oxygen atoms in total. The van der Waals surface area contributed by atoms with E-state index >= 15 is 0 Å². The summed E-state index contributed by atoms with van der Waals surface area (Å²) in [5, 5.41) is 12.0. The molecule has 0 saturated carbocycles.